The van der Waals surface area contributed by atoms with Crippen LogP contribution in [0, 0.1) is 0 Å². The van der Waals surface area contributed by atoms with Gasteiger partial charge in [0.05, 0.1) is 12.7 Å². The first kappa shape index (κ1) is 20.4. The molecule has 0 aromatic carbocycles. The zero-order valence-electron chi connectivity index (χ0n) is 13.8. The largest absolute Gasteiger partial charge is 0.394 e. The molecule has 10 atom stereocenters. The van der Waals surface area contributed by atoms with Crippen LogP contribution in [0.15, 0.2) is 0 Å². The second kappa shape index (κ2) is 8.20. The van der Waals surface area contributed by atoms with E-state index in [9.17, 15) is 35.4 Å². The summed E-state index contributed by atoms with van der Waals surface area (Å²) in [6, 6.07) is -1.24. The Kier molecular flexibility index (Phi) is 6.70. The molecule has 1 amide bonds. The maximum Gasteiger partial charge on any atom is 0.217 e. The Bertz CT molecular complexity index is 465. The van der Waals surface area contributed by atoms with Crippen molar-refractivity contribution in [2.75, 3.05) is 6.61 Å². The molecule has 2 heterocycles. The fourth-order valence-electron chi connectivity index (χ4n) is 2.91. The predicted molar refractivity (Wildman–Crippen MR) is 78.8 cm³/mol. The summed E-state index contributed by atoms with van der Waals surface area (Å²) in [6.45, 7) is 1.98. The minimum Gasteiger partial charge on any atom is -0.394 e. The maximum atomic E-state index is 11.3. The molecule has 2 rings (SSSR count). The van der Waals surface area contributed by atoms with Gasteiger partial charge in [0.2, 0.25) is 5.91 Å². The van der Waals surface area contributed by atoms with E-state index in [1.807, 2.05) is 0 Å². The van der Waals surface area contributed by atoms with Gasteiger partial charge in [-0.1, -0.05) is 0 Å². The van der Waals surface area contributed by atoms with E-state index in [1.54, 1.807) is 0 Å². The fraction of sp³-hybridized carbons (Fsp3) is 0.929. The van der Waals surface area contributed by atoms with Crippen LogP contribution in [0.4, 0.5) is 0 Å². The topological polar surface area (TPSA) is 178 Å². The number of aliphatic hydroxyl groups excluding tert-OH is 6. The van der Waals surface area contributed by atoms with Crippen LogP contribution in [-0.4, -0.2) is 105 Å². The summed E-state index contributed by atoms with van der Waals surface area (Å²) >= 11 is 0. The summed E-state index contributed by atoms with van der Waals surface area (Å²) in [5, 5.41) is 61.6. The van der Waals surface area contributed by atoms with Crippen molar-refractivity contribution < 1.29 is 49.6 Å². The number of hydrogen-bond donors (Lipinski definition) is 7. The molecule has 0 spiro atoms. The van der Waals surface area contributed by atoms with Crippen LogP contribution in [0.25, 0.3) is 0 Å². The molecule has 2 aliphatic rings. The molecule has 146 valence electrons. The molecule has 1 unspecified atom stereocenters. The second-order valence-corrected chi connectivity index (χ2v) is 6.25. The monoisotopic (exact) mass is 367 g/mol. The van der Waals surface area contributed by atoms with Crippen molar-refractivity contribution in [3.63, 3.8) is 0 Å². The first-order chi connectivity index (χ1) is 11.7. The van der Waals surface area contributed by atoms with E-state index in [0.717, 1.165) is 0 Å². The molecule has 0 bridgehead atoms. The molecule has 2 saturated heterocycles. The number of hydrogen-bond acceptors (Lipinski definition) is 10. The van der Waals surface area contributed by atoms with Crippen molar-refractivity contribution in [2.24, 2.45) is 0 Å². The van der Waals surface area contributed by atoms with Gasteiger partial charge in [-0.25, -0.2) is 0 Å². The van der Waals surface area contributed by atoms with Gasteiger partial charge in [-0.3, -0.25) is 4.79 Å². The number of nitrogens with one attached hydrogen (secondary N) is 1. The van der Waals surface area contributed by atoms with Gasteiger partial charge in [0.25, 0.3) is 0 Å². The Balaban J connectivity index is 2.19. The number of carbonyl (C=O) groups is 1. The molecule has 0 radical (unpaired) electrons. The Morgan fingerprint density at radius 3 is 2.24 bits per heavy atom. The van der Waals surface area contributed by atoms with Crippen LogP contribution in [-0.2, 0) is 19.0 Å². The highest BCUT2D eigenvalue weighted by Gasteiger charge is 2.50. The van der Waals surface area contributed by atoms with Gasteiger partial charge in [-0.05, 0) is 6.92 Å². The molecule has 2 aliphatic heterocycles. The van der Waals surface area contributed by atoms with Gasteiger partial charge in [-0.2, -0.15) is 0 Å². The standard InChI is InChI=1S/C14H25NO10/c1-4-8(18)11(21)12(13(22)23-4)25-14-7(15-5(2)17)10(20)9(19)6(3-16)24-14/h4,6-14,16,18-22H,3H2,1-2H3,(H,15,17)/t4-,6+,7+,8-,9+,10+,11+,12+,13?,14-/m0/s1. The van der Waals surface area contributed by atoms with E-state index in [0.29, 0.717) is 0 Å². The molecule has 0 aromatic rings. The first-order valence-electron chi connectivity index (χ1n) is 7.92. The van der Waals surface area contributed by atoms with E-state index >= 15 is 0 Å². The molecule has 25 heavy (non-hydrogen) atoms. The van der Waals surface area contributed by atoms with Gasteiger partial charge in [0, 0.05) is 6.92 Å². The van der Waals surface area contributed by atoms with Crippen molar-refractivity contribution in [3.05, 3.63) is 0 Å². The highest BCUT2D eigenvalue weighted by atomic mass is 16.7. The van der Waals surface area contributed by atoms with E-state index < -0.39 is 73.9 Å². The number of aliphatic hydroxyl groups is 6. The molecular weight excluding hydrogens is 342 g/mol. The lowest BCUT2D eigenvalue weighted by molar-refractivity contribution is -0.344. The van der Waals surface area contributed by atoms with E-state index in [2.05, 4.69) is 5.32 Å². The van der Waals surface area contributed by atoms with Crippen LogP contribution in [0.1, 0.15) is 13.8 Å². The third-order valence-corrected chi connectivity index (χ3v) is 4.34. The van der Waals surface area contributed by atoms with Crippen molar-refractivity contribution in [1.82, 2.24) is 5.32 Å². The Morgan fingerprint density at radius 1 is 1.04 bits per heavy atom. The fourth-order valence-corrected chi connectivity index (χ4v) is 2.91. The van der Waals surface area contributed by atoms with Gasteiger partial charge in [0.15, 0.2) is 12.6 Å². The van der Waals surface area contributed by atoms with E-state index in [-0.39, 0.29) is 0 Å². The van der Waals surface area contributed by atoms with Crippen LogP contribution >= 0.6 is 0 Å². The molecule has 11 heteroatoms. The van der Waals surface area contributed by atoms with Gasteiger partial charge >= 0.3 is 0 Å². The summed E-state index contributed by atoms with van der Waals surface area (Å²) in [6.07, 6.45) is -12.5. The van der Waals surface area contributed by atoms with Crippen molar-refractivity contribution >= 4 is 5.91 Å². The van der Waals surface area contributed by atoms with Crippen molar-refractivity contribution in [2.45, 2.75) is 75.2 Å². The predicted octanol–water partition coefficient (Wildman–Crippen LogP) is -4.23. The van der Waals surface area contributed by atoms with Crippen LogP contribution in [0.5, 0.6) is 0 Å². The average molecular weight is 367 g/mol. The zero-order valence-corrected chi connectivity index (χ0v) is 13.8. The lowest BCUT2D eigenvalue weighted by atomic mass is 9.96. The smallest absolute Gasteiger partial charge is 0.217 e. The van der Waals surface area contributed by atoms with Gasteiger partial charge < -0.3 is 50.2 Å². The third-order valence-electron chi connectivity index (χ3n) is 4.34. The minimum atomic E-state index is -1.61. The number of amides is 1. The van der Waals surface area contributed by atoms with Crippen LogP contribution in [0.2, 0.25) is 0 Å². The minimum absolute atomic E-state index is 0.550. The summed E-state index contributed by atoms with van der Waals surface area (Å²) in [5.74, 6) is -0.550. The summed E-state index contributed by atoms with van der Waals surface area (Å²) < 4.78 is 15.8. The second-order valence-electron chi connectivity index (χ2n) is 6.25. The Morgan fingerprint density at radius 2 is 1.68 bits per heavy atom. The summed E-state index contributed by atoms with van der Waals surface area (Å²) in [7, 11) is 0. The van der Waals surface area contributed by atoms with Crippen LogP contribution in [0.3, 0.4) is 0 Å². The molecular formula is C14H25NO10. The summed E-state index contributed by atoms with van der Waals surface area (Å²) in [5.41, 5.74) is 0. The maximum absolute atomic E-state index is 11.3. The Hall–Kier alpha value is -0.890. The van der Waals surface area contributed by atoms with E-state index in [1.165, 1.54) is 13.8 Å². The van der Waals surface area contributed by atoms with Gasteiger partial charge in [-0.15, -0.1) is 0 Å². The average Bonchev–Trinajstić information content (AvgIpc) is 2.55. The molecule has 0 aliphatic carbocycles. The van der Waals surface area contributed by atoms with E-state index in [4.69, 9.17) is 14.2 Å². The molecule has 7 N–H and O–H groups in total. The van der Waals surface area contributed by atoms with Crippen molar-refractivity contribution in [1.29, 1.82) is 0 Å². The number of rotatable bonds is 4. The number of carbonyl (C=O) groups excluding carboxylic acids is 1. The molecule has 11 nitrogen and oxygen atoms in total. The quantitative estimate of drug-likeness (QED) is 0.257. The highest BCUT2D eigenvalue weighted by molar-refractivity contribution is 5.73. The number of ether oxygens (including phenoxy) is 3. The summed E-state index contributed by atoms with van der Waals surface area (Å²) in [4.78, 5) is 11.3. The first-order valence-corrected chi connectivity index (χ1v) is 7.92. The molecule has 2 fully saturated rings. The third kappa shape index (κ3) is 4.27. The SMILES string of the molecule is CC(=O)N[C@H]1[C@H](O[C@H]2C(O)O[C@@H](C)[C@H](O)[C@H]2O)O[C@H](CO)[C@@H](O)[C@@H]1O. The Labute approximate surface area is 143 Å². The van der Waals surface area contributed by atoms with Crippen LogP contribution < -0.4 is 5.32 Å². The molecule has 0 aromatic heterocycles. The lowest BCUT2D eigenvalue weighted by Gasteiger charge is -2.46. The normalized spacial score (nSPS) is 48.2. The zero-order chi connectivity index (χ0) is 18.9. The highest BCUT2D eigenvalue weighted by Crippen LogP contribution is 2.28. The molecule has 0 saturated carbocycles. The lowest BCUT2D eigenvalue weighted by Crippen LogP contribution is -2.67. The van der Waals surface area contributed by atoms with Gasteiger partial charge in [0.1, 0.15) is 42.7 Å². The van der Waals surface area contributed by atoms with Crippen molar-refractivity contribution in [3.8, 4) is 0 Å².